The minimum Gasteiger partial charge on any atom is -0.444 e. The number of amides is 2. The molecular weight excluding hydrogens is 599 g/mol. The summed E-state index contributed by atoms with van der Waals surface area (Å²) in [4.78, 5) is 28.3. The van der Waals surface area contributed by atoms with Crippen molar-refractivity contribution in [2.45, 2.75) is 102 Å². The normalized spacial score (nSPS) is 14.8. The number of benzene rings is 3. The zero-order valence-corrected chi connectivity index (χ0v) is 30.1. The van der Waals surface area contributed by atoms with Gasteiger partial charge in [0.15, 0.2) is 0 Å². The topological polar surface area (TPSA) is 88.1 Å². The first-order chi connectivity index (χ1) is 20.9. The Morgan fingerprint density at radius 1 is 0.933 bits per heavy atom. The van der Waals surface area contributed by atoms with Gasteiger partial charge in [0.25, 0.3) is 5.91 Å². The third kappa shape index (κ3) is 8.51. The first-order valence-corrected chi connectivity index (χ1v) is 20.2. The van der Waals surface area contributed by atoms with Gasteiger partial charge in [-0.25, -0.2) is 13.4 Å². The molecule has 0 saturated carbocycles. The van der Waals surface area contributed by atoms with Crippen LogP contribution in [0.3, 0.4) is 0 Å². The zero-order valence-electron chi connectivity index (χ0n) is 28.3. The molecule has 0 bridgehead atoms. The van der Waals surface area contributed by atoms with Crippen molar-refractivity contribution in [2.24, 2.45) is 4.36 Å². The maximum atomic E-state index is 14.9. The molecule has 9 heteroatoms. The van der Waals surface area contributed by atoms with Crippen LogP contribution in [0.1, 0.15) is 70.2 Å². The van der Waals surface area contributed by atoms with Gasteiger partial charge < -0.3 is 9.64 Å². The lowest BCUT2D eigenvalue weighted by atomic mass is 9.91. The third-order valence-corrected chi connectivity index (χ3v) is 17.0. The van der Waals surface area contributed by atoms with Gasteiger partial charge in [-0.05, 0) is 90.6 Å². The molecule has 45 heavy (non-hydrogen) atoms. The second-order valence-corrected chi connectivity index (χ2v) is 21.9. The second-order valence-electron chi connectivity index (χ2n) is 14.6. The van der Waals surface area contributed by atoms with Crippen LogP contribution in [0.25, 0.3) is 11.1 Å². The molecule has 3 aromatic rings. The van der Waals surface area contributed by atoms with Gasteiger partial charge in [0.2, 0.25) is 0 Å². The van der Waals surface area contributed by atoms with Crippen LogP contribution in [0.5, 0.6) is 0 Å². The molecule has 3 aromatic carbocycles. The van der Waals surface area contributed by atoms with Gasteiger partial charge in [0, 0.05) is 13.6 Å². The molecule has 0 radical (unpaired) electrons. The van der Waals surface area contributed by atoms with Gasteiger partial charge in [-0.1, -0.05) is 88.5 Å². The molecule has 7 nitrogen and oxygen atoms in total. The fourth-order valence-electron chi connectivity index (χ4n) is 5.25. The summed E-state index contributed by atoms with van der Waals surface area (Å²) in [5.74, 6) is -0.405. The number of hydrogen-bond acceptors (Lipinski definition) is 4. The Morgan fingerprint density at radius 3 is 2.18 bits per heavy atom. The summed E-state index contributed by atoms with van der Waals surface area (Å²) in [5, 5.41) is -0.148. The number of carbonyl (C=O) groups excluding carboxylic acids is 2. The van der Waals surface area contributed by atoms with Crippen LogP contribution in [-0.2, 0) is 45.3 Å². The van der Waals surface area contributed by atoms with Crippen LogP contribution in [0, 0.1) is 0 Å². The number of ether oxygens (including phenoxy) is 1. The van der Waals surface area contributed by atoms with Crippen molar-refractivity contribution >= 4 is 30.2 Å². The molecule has 242 valence electrons. The van der Waals surface area contributed by atoms with Gasteiger partial charge in [-0.15, -0.1) is 4.36 Å². The molecule has 0 saturated heterocycles. The average Bonchev–Trinajstić information content (AvgIpc) is 3.41. The fourth-order valence-corrected chi connectivity index (χ4v) is 10.9. The number of hydrogen-bond donors (Lipinski definition) is 1. The Labute approximate surface area is 271 Å². The molecule has 2 amide bonds. The molecule has 0 spiro atoms. The predicted octanol–water partition coefficient (Wildman–Crippen LogP) is 8.32. The van der Waals surface area contributed by atoms with Gasteiger partial charge in [-0.3, -0.25) is 4.79 Å². The van der Waals surface area contributed by atoms with E-state index in [2.05, 4.69) is 66.9 Å². The number of nitrogens with one attached hydrogen (secondary N) is 1. The molecule has 0 heterocycles. The Balaban J connectivity index is 1.70. The summed E-state index contributed by atoms with van der Waals surface area (Å²) in [5.41, 5.74) is 5.83. The Hall–Kier alpha value is -3.27. The molecular formula is C36H49N3O4SSi. The molecule has 1 aliphatic rings. The summed E-state index contributed by atoms with van der Waals surface area (Å²) in [6.45, 7) is 16.4. The predicted molar refractivity (Wildman–Crippen MR) is 186 cm³/mol. The summed E-state index contributed by atoms with van der Waals surface area (Å²) in [6, 6.07) is 21.6. The van der Waals surface area contributed by atoms with Gasteiger partial charge in [0.05, 0.1) is 11.3 Å². The number of nitrogens with zero attached hydrogens (tertiary/aromatic N) is 2. The van der Waals surface area contributed by atoms with E-state index >= 15 is 0 Å². The van der Waals surface area contributed by atoms with Crippen molar-refractivity contribution in [3.05, 3.63) is 89.0 Å². The van der Waals surface area contributed by atoms with Crippen molar-refractivity contribution in [3.63, 3.8) is 0 Å². The molecule has 0 fully saturated rings. The summed E-state index contributed by atoms with van der Waals surface area (Å²) < 4.78 is 28.3. The number of fused-ring (bicyclic) bond motifs is 1. The highest BCUT2D eigenvalue weighted by Gasteiger charge is 2.39. The zero-order chi connectivity index (χ0) is 33.2. The lowest BCUT2D eigenvalue weighted by Gasteiger charge is -2.38. The maximum Gasteiger partial charge on any atom is 0.410 e. The summed E-state index contributed by atoms with van der Waals surface area (Å²) in [6.07, 6.45) is 2.66. The first-order valence-electron chi connectivity index (χ1n) is 15.7. The Bertz CT molecular complexity index is 1660. The Kier molecular flexibility index (Phi) is 10.2. The molecule has 0 aromatic heterocycles. The van der Waals surface area contributed by atoms with E-state index in [1.165, 1.54) is 16.0 Å². The largest absolute Gasteiger partial charge is 0.444 e. The Morgan fingerprint density at radius 2 is 1.58 bits per heavy atom. The minimum absolute atomic E-state index is 0.0857. The van der Waals surface area contributed by atoms with Crippen molar-refractivity contribution in [1.29, 1.82) is 0 Å². The SMILES string of the molecule is CN(Cc1ccc(S(=O)(=NC(=O)Cc2c(-c3ccccc3)ccc3c2CCC3)N[Si](C)(C)C(C)(C)C)cc1)C(=O)OC(C)(C)C. The number of aryl methyl sites for hydroxylation is 1. The summed E-state index contributed by atoms with van der Waals surface area (Å²) in [7, 11) is -4.02. The highest BCUT2D eigenvalue weighted by Crippen LogP contribution is 2.36. The standard InChI is InChI=1S/C36H49N3O4SSi/c1-35(2,3)43-34(41)39(7)25-26-18-21-29(22-19-26)44(42,38-45(8,9)36(4,5)6)37-33(40)24-32-30-17-13-16-28(30)20-23-31(32)27-14-11-10-12-15-27/h10-12,14-15,18-23H,13,16-17,24-25H2,1-9H3,(H,37,38,40,42). The van der Waals surface area contributed by atoms with E-state index in [0.717, 1.165) is 41.5 Å². The van der Waals surface area contributed by atoms with Crippen molar-refractivity contribution in [2.75, 3.05) is 7.05 Å². The van der Waals surface area contributed by atoms with E-state index in [9.17, 15) is 13.8 Å². The summed E-state index contributed by atoms with van der Waals surface area (Å²) >= 11 is 0. The molecule has 4 rings (SSSR count). The maximum absolute atomic E-state index is 14.9. The van der Waals surface area contributed by atoms with Crippen LogP contribution in [0.4, 0.5) is 4.79 Å². The van der Waals surface area contributed by atoms with Crippen LogP contribution in [0.15, 0.2) is 76.0 Å². The molecule has 1 unspecified atom stereocenters. The van der Waals surface area contributed by atoms with E-state index in [0.29, 0.717) is 11.4 Å². The van der Waals surface area contributed by atoms with E-state index < -0.39 is 35.8 Å². The smallest absolute Gasteiger partial charge is 0.410 e. The van der Waals surface area contributed by atoms with Crippen molar-refractivity contribution in [1.82, 2.24) is 9.29 Å². The molecule has 1 N–H and O–H groups in total. The van der Waals surface area contributed by atoms with E-state index in [1.54, 1.807) is 19.2 Å². The van der Waals surface area contributed by atoms with Crippen molar-refractivity contribution in [3.8, 4) is 11.1 Å². The number of rotatable bonds is 8. The van der Waals surface area contributed by atoms with Crippen molar-refractivity contribution < 1.29 is 18.5 Å². The average molecular weight is 648 g/mol. The van der Waals surface area contributed by atoms with Crippen LogP contribution in [0.2, 0.25) is 18.1 Å². The van der Waals surface area contributed by atoms with Gasteiger partial charge in [0.1, 0.15) is 23.8 Å². The lowest BCUT2D eigenvalue weighted by Crippen LogP contribution is -2.54. The molecule has 1 aliphatic carbocycles. The van der Waals surface area contributed by atoms with E-state index in [1.807, 2.05) is 51.1 Å². The first kappa shape index (κ1) is 34.6. The molecule has 1 atom stereocenters. The van der Waals surface area contributed by atoms with E-state index in [4.69, 9.17) is 4.74 Å². The third-order valence-electron chi connectivity index (χ3n) is 8.68. The van der Waals surface area contributed by atoms with Crippen LogP contribution >= 0.6 is 0 Å². The minimum atomic E-state index is -3.32. The highest BCUT2D eigenvalue weighted by atomic mass is 32.2. The van der Waals surface area contributed by atoms with Gasteiger partial charge >= 0.3 is 6.09 Å². The monoisotopic (exact) mass is 647 g/mol. The molecule has 0 aliphatic heterocycles. The number of carbonyl (C=O) groups is 2. The van der Waals surface area contributed by atoms with Crippen LogP contribution in [-0.4, -0.2) is 42.0 Å². The fraction of sp³-hybridized carbons (Fsp3) is 0.444. The lowest BCUT2D eigenvalue weighted by molar-refractivity contribution is -0.117. The second kappa shape index (κ2) is 13.2. The highest BCUT2D eigenvalue weighted by molar-refractivity contribution is 7.93. The van der Waals surface area contributed by atoms with Crippen LogP contribution < -0.4 is 4.39 Å². The van der Waals surface area contributed by atoms with E-state index in [-0.39, 0.29) is 11.5 Å². The quantitative estimate of drug-likeness (QED) is 0.249. The van der Waals surface area contributed by atoms with Gasteiger partial charge in [-0.2, -0.15) is 0 Å².